The van der Waals surface area contributed by atoms with E-state index < -0.39 is 53.5 Å². The maximum absolute atomic E-state index is 14.7. The van der Waals surface area contributed by atoms with Crippen LogP contribution < -0.4 is 5.32 Å². The molecule has 0 radical (unpaired) electrons. The molecular weight excluding hydrogens is 610 g/mol. The van der Waals surface area contributed by atoms with E-state index >= 15 is 0 Å². The van der Waals surface area contributed by atoms with Crippen LogP contribution >= 0.6 is 0 Å². The summed E-state index contributed by atoms with van der Waals surface area (Å²) in [4.78, 5) is 59.1. The Balaban J connectivity index is 1.47. The summed E-state index contributed by atoms with van der Waals surface area (Å²) in [6.45, 7) is 11.4. The maximum Gasteiger partial charge on any atom is 0.306 e. The molecule has 2 aromatic rings. The van der Waals surface area contributed by atoms with E-state index in [2.05, 4.69) is 18.5 Å². The molecule has 5 rings (SSSR count). The monoisotopic (exact) mass is 657 g/mol. The van der Waals surface area contributed by atoms with Gasteiger partial charge < -0.3 is 29.7 Å². The highest BCUT2D eigenvalue weighted by atomic mass is 16.5. The number of aliphatic hydroxyl groups is 1. The summed E-state index contributed by atoms with van der Waals surface area (Å²) in [7, 11) is 0. The van der Waals surface area contributed by atoms with E-state index in [1.54, 1.807) is 17.1 Å². The third kappa shape index (κ3) is 6.82. The summed E-state index contributed by atoms with van der Waals surface area (Å²) in [5, 5.41) is 13.6. The van der Waals surface area contributed by atoms with Crippen molar-refractivity contribution in [3.63, 3.8) is 0 Å². The normalized spacial score (nSPS) is 25.3. The third-order valence-electron chi connectivity index (χ3n) is 9.95. The molecule has 48 heavy (non-hydrogen) atoms. The first kappa shape index (κ1) is 35.0. The summed E-state index contributed by atoms with van der Waals surface area (Å²) in [5.74, 6) is -3.44. The van der Waals surface area contributed by atoms with Gasteiger partial charge in [-0.15, -0.1) is 13.2 Å². The number of nitrogens with zero attached hydrogens (tertiary/aromatic N) is 2. The largest absolute Gasteiger partial charge is 0.463 e. The predicted octanol–water partition coefficient (Wildman–Crippen LogP) is 3.96. The first-order chi connectivity index (χ1) is 23.2. The number of carbonyl (C=O) groups excluding carboxylic acids is 4. The molecule has 2 aromatic carbocycles. The second-order valence-corrected chi connectivity index (χ2v) is 13.3. The summed E-state index contributed by atoms with van der Waals surface area (Å²) in [6, 6.07) is 16.4. The standard InChI is InChI=1S/C38H47N3O7/c1-5-7-18-31(43)47-24-28(27-16-12-9-13-17-27)39-35(44)32-30-19-20-38(48-30)33(32)36(45)41(29(23-42)25(3)4)34(38)37(46)40(21-6-2)22-26-14-10-8-11-15-26/h5-6,8-17,25,28-30,32-34,42H,1-2,7,18-24H2,3-4H3,(H,39,44)/t28-,29-,30+,32-,33-,34+,38-/m0/s1. The second kappa shape index (κ2) is 15.3. The lowest BCUT2D eigenvalue weighted by Crippen LogP contribution is -2.59. The molecule has 10 heteroatoms. The number of aliphatic hydroxyl groups excluding tert-OH is 1. The number of hydrogen-bond donors (Lipinski definition) is 2. The number of allylic oxidation sites excluding steroid dienone is 1. The van der Waals surface area contributed by atoms with Crippen molar-refractivity contribution in [2.45, 2.75) is 75.9 Å². The molecule has 2 N–H and O–H groups in total. The molecule has 3 aliphatic rings. The van der Waals surface area contributed by atoms with Crippen LogP contribution in [0.4, 0.5) is 0 Å². The number of rotatable bonds is 16. The lowest BCUT2D eigenvalue weighted by Gasteiger charge is -2.40. The number of nitrogens with one attached hydrogen (secondary N) is 1. The SMILES string of the molecule is C=CCCC(=O)OC[C@H](NC(=O)[C@@H]1[C@H]2C(=O)N([C@@H](CO)C(C)C)[C@H](C(=O)N(CC=C)Cc3ccccc3)[C@]23CC[C@H]1O3)c1ccccc1. The Kier molecular flexibility index (Phi) is 11.2. The zero-order chi connectivity index (χ0) is 34.4. The minimum Gasteiger partial charge on any atom is -0.463 e. The highest BCUT2D eigenvalue weighted by Gasteiger charge is 2.75. The first-order valence-corrected chi connectivity index (χ1v) is 16.8. The first-order valence-electron chi connectivity index (χ1n) is 16.8. The van der Waals surface area contributed by atoms with Gasteiger partial charge in [-0.25, -0.2) is 0 Å². The molecule has 3 heterocycles. The van der Waals surface area contributed by atoms with Gasteiger partial charge in [0.2, 0.25) is 17.7 Å². The van der Waals surface area contributed by atoms with Crippen molar-refractivity contribution in [1.82, 2.24) is 15.1 Å². The molecule has 3 aliphatic heterocycles. The Hall–Kier alpha value is -4.28. The van der Waals surface area contributed by atoms with E-state index in [0.717, 1.165) is 11.1 Å². The molecule has 0 unspecified atom stereocenters. The van der Waals surface area contributed by atoms with Gasteiger partial charge in [-0.2, -0.15) is 0 Å². The Labute approximate surface area is 282 Å². The van der Waals surface area contributed by atoms with Gasteiger partial charge in [-0.05, 0) is 36.3 Å². The molecule has 256 valence electrons. The van der Waals surface area contributed by atoms with E-state index in [4.69, 9.17) is 9.47 Å². The van der Waals surface area contributed by atoms with Crippen LogP contribution in [-0.2, 0) is 35.2 Å². The van der Waals surface area contributed by atoms with Crippen molar-refractivity contribution in [2.24, 2.45) is 17.8 Å². The zero-order valence-electron chi connectivity index (χ0n) is 27.8. The molecule has 7 atom stereocenters. The van der Waals surface area contributed by atoms with Crippen molar-refractivity contribution in [2.75, 3.05) is 19.8 Å². The Bertz CT molecular complexity index is 1480. The maximum atomic E-state index is 14.7. The number of hydrogen-bond acceptors (Lipinski definition) is 7. The van der Waals surface area contributed by atoms with Crippen LogP contribution in [0, 0.1) is 17.8 Å². The van der Waals surface area contributed by atoms with Crippen LogP contribution in [0.5, 0.6) is 0 Å². The summed E-state index contributed by atoms with van der Waals surface area (Å²) in [5.41, 5.74) is 0.430. The van der Waals surface area contributed by atoms with Crippen LogP contribution in [0.3, 0.4) is 0 Å². The van der Waals surface area contributed by atoms with E-state index in [0.29, 0.717) is 25.8 Å². The van der Waals surface area contributed by atoms with Gasteiger partial charge in [0, 0.05) is 19.5 Å². The Morgan fingerprint density at radius 3 is 2.42 bits per heavy atom. The molecular formula is C38H47N3O7. The van der Waals surface area contributed by atoms with Crippen LogP contribution in [-0.4, -0.2) is 82.1 Å². The van der Waals surface area contributed by atoms with Gasteiger partial charge in [0.05, 0.1) is 36.6 Å². The summed E-state index contributed by atoms with van der Waals surface area (Å²) in [6.07, 6.45) is 4.30. The fourth-order valence-electron chi connectivity index (χ4n) is 7.66. The number of benzene rings is 2. The van der Waals surface area contributed by atoms with Crippen LogP contribution in [0.1, 0.15) is 56.7 Å². The smallest absolute Gasteiger partial charge is 0.306 e. The number of esters is 1. The average Bonchev–Trinajstić information content (AvgIpc) is 3.73. The average molecular weight is 658 g/mol. The Morgan fingerprint density at radius 2 is 1.79 bits per heavy atom. The van der Waals surface area contributed by atoms with E-state index in [9.17, 15) is 24.3 Å². The molecule has 3 saturated heterocycles. The molecule has 10 nitrogen and oxygen atoms in total. The van der Waals surface area contributed by atoms with Crippen molar-refractivity contribution < 1.29 is 33.8 Å². The predicted molar refractivity (Wildman–Crippen MR) is 180 cm³/mol. The number of fused-ring (bicyclic) bond motifs is 1. The minimum atomic E-state index is -1.24. The van der Waals surface area contributed by atoms with Gasteiger partial charge in [0.25, 0.3) is 0 Å². The van der Waals surface area contributed by atoms with Crippen molar-refractivity contribution >= 4 is 23.7 Å². The fourth-order valence-corrected chi connectivity index (χ4v) is 7.66. The zero-order valence-corrected chi connectivity index (χ0v) is 27.8. The van der Waals surface area contributed by atoms with Crippen molar-refractivity contribution in [3.8, 4) is 0 Å². The number of likely N-dealkylation sites (tertiary alicyclic amines) is 1. The highest BCUT2D eigenvalue weighted by molar-refractivity contribution is 5.99. The topological polar surface area (TPSA) is 125 Å². The molecule has 3 amide bonds. The molecule has 0 aromatic heterocycles. The lowest BCUT2D eigenvalue weighted by molar-refractivity contribution is -0.152. The van der Waals surface area contributed by atoms with E-state index in [-0.39, 0.29) is 43.9 Å². The second-order valence-electron chi connectivity index (χ2n) is 13.3. The quantitative estimate of drug-likeness (QED) is 0.207. The molecule has 0 saturated carbocycles. The summed E-state index contributed by atoms with van der Waals surface area (Å²) < 4.78 is 12.2. The van der Waals surface area contributed by atoms with Gasteiger partial charge >= 0.3 is 5.97 Å². The van der Waals surface area contributed by atoms with E-state index in [1.165, 1.54) is 4.90 Å². The fraction of sp³-hybridized carbons (Fsp3) is 0.474. The minimum absolute atomic E-state index is 0.0864. The van der Waals surface area contributed by atoms with Crippen molar-refractivity contribution in [3.05, 3.63) is 97.1 Å². The van der Waals surface area contributed by atoms with Crippen molar-refractivity contribution in [1.29, 1.82) is 0 Å². The van der Waals surface area contributed by atoms with Crippen LogP contribution in [0.15, 0.2) is 86.0 Å². The van der Waals surface area contributed by atoms with Gasteiger partial charge in [-0.1, -0.05) is 86.7 Å². The van der Waals surface area contributed by atoms with E-state index in [1.807, 2.05) is 74.5 Å². The van der Waals surface area contributed by atoms with Crippen LogP contribution in [0.25, 0.3) is 0 Å². The van der Waals surface area contributed by atoms with Gasteiger partial charge in [0.15, 0.2) is 0 Å². The van der Waals surface area contributed by atoms with Gasteiger partial charge in [-0.3, -0.25) is 19.2 Å². The molecule has 1 spiro atoms. The number of ether oxygens (including phenoxy) is 2. The molecule has 0 aliphatic carbocycles. The highest BCUT2D eigenvalue weighted by Crippen LogP contribution is 2.59. The number of amides is 3. The van der Waals surface area contributed by atoms with Gasteiger partial charge in [0.1, 0.15) is 18.2 Å². The Morgan fingerprint density at radius 1 is 1.10 bits per heavy atom. The molecule has 3 fully saturated rings. The number of carbonyl (C=O) groups is 4. The summed E-state index contributed by atoms with van der Waals surface area (Å²) >= 11 is 0. The lowest BCUT2D eigenvalue weighted by atomic mass is 9.70. The molecule has 2 bridgehead atoms. The van der Waals surface area contributed by atoms with Crippen LogP contribution in [0.2, 0.25) is 0 Å². The third-order valence-corrected chi connectivity index (χ3v) is 9.95.